The van der Waals surface area contributed by atoms with E-state index in [9.17, 15) is 10.1 Å². The third kappa shape index (κ3) is 2.16. The fraction of sp³-hybridized carbons (Fsp3) is 0.429. The molecule has 1 aromatic rings. The van der Waals surface area contributed by atoms with Crippen LogP contribution in [-0.4, -0.2) is 18.6 Å². The second-order valence-corrected chi connectivity index (χ2v) is 4.40. The zero-order chi connectivity index (χ0) is 14.0. The van der Waals surface area contributed by atoms with E-state index in [0.29, 0.717) is 12.4 Å². The van der Waals surface area contributed by atoms with Gasteiger partial charge in [-0.1, -0.05) is 6.08 Å². The number of methoxy groups -OCH3 is 1. The molecule has 0 bridgehead atoms. The number of nitro groups is 1. The summed E-state index contributed by atoms with van der Waals surface area (Å²) in [7, 11) is 1.52. The highest BCUT2D eigenvalue weighted by Gasteiger charge is 2.32. The van der Waals surface area contributed by atoms with Crippen molar-refractivity contribution in [2.75, 3.05) is 13.7 Å². The molecular formula is C14H17NO4. The molecule has 102 valence electrons. The van der Waals surface area contributed by atoms with E-state index < -0.39 is 4.92 Å². The van der Waals surface area contributed by atoms with Gasteiger partial charge >= 0.3 is 5.69 Å². The monoisotopic (exact) mass is 263 g/mol. The van der Waals surface area contributed by atoms with Crippen molar-refractivity contribution in [1.82, 2.24) is 0 Å². The van der Waals surface area contributed by atoms with Crippen LogP contribution in [0.5, 0.6) is 11.5 Å². The Morgan fingerprint density at radius 1 is 1.58 bits per heavy atom. The number of hydrogen-bond donors (Lipinski definition) is 0. The smallest absolute Gasteiger partial charge is 0.315 e. The standard InChI is InChI=1S/C14H17NO4/c1-4-9-6-7-10-11(9)8-12(15(16)17)14(19-5-2)13(10)18-3/h4,8-9H,1,5-7H2,2-3H3. The van der Waals surface area contributed by atoms with Gasteiger partial charge in [-0.25, -0.2) is 0 Å². The molecule has 2 rings (SSSR count). The van der Waals surface area contributed by atoms with E-state index in [1.165, 1.54) is 7.11 Å². The lowest BCUT2D eigenvalue weighted by Gasteiger charge is -2.14. The van der Waals surface area contributed by atoms with Gasteiger partial charge < -0.3 is 9.47 Å². The lowest BCUT2D eigenvalue weighted by Crippen LogP contribution is -2.03. The van der Waals surface area contributed by atoms with E-state index in [0.717, 1.165) is 24.0 Å². The second-order valence-electron chi connectivity index (χ2n) is 4.40. The summed E-state index contributed by atoms with van der Waals surface area (Å²) in [6.45, 7) is 5.94. The van der Waals surface area contributed by atoms with Crippen molar-refractivity contribution in [1.29, 1.82) is 0 Å². The molecule has 5 heteroatoms. The summed E-state index contributed by atoms with van der Waals surface area (Å²) < 4.78 is 10.8. The molecule has 1 unspecified atom stereocenters. The zero-order valence-electron chi connectivity index (χ0n) is 11.1. The summed E-state index contributed by atoms with van der Waals surface area (Å²) in [5.74, 6) is 0.882. The summed E-state index contributed by atoms with van der Waals surface area (Å²) in [6, 6.07) is 1.60. The molecule has 0 aromatic heterocycles. The summed E-state index contributed by atoms with van der Waals surface area (Å²) in [5.41, 5.74) is 1.90. The molecule has 1 atom stereocenters. The average Bonchev–Trinajstić information content (AvgIpc) is 2.80. The van der Waals surface area contributed by atoms with Gasteiger partial charge in [0.1, 0.15) is 0 Å². The van der Waals surface area contributed by atoms with E-state index in [1.807, 2.05) is 6.08 Å². The van der Waals surface area contributed by atoms with Gasteiger partial charge in [-0.15, -0.1) is 6.58 Å². The van der Waals surface area contributed by atoms with Crippen LogP contribution in [0.4, 0.5) is 5.69 Å². The Morgan fingerprint density at radius 3 is 2.84 bits per heavy atom. The number of nitrogens with zero attached hydrogens (tertiary/aromatic N) is 1. The van der Waals surface area contributed by atoms with Crippen molar-refractivity contribution in [3.63, 3.8) is 0 Å². The van der Waals surface area contributed by atoms with Crippen LogP contribution in [0, 0.1) is 10.1 Å². The highest BCUT2D eigenvalue weighted by Crippen LogP contribution is 2.48. The molecule has 0 radical (unpaired) electrons. The Bertz CT molecular complexity index is 525. The molecule has 5 nitrogen and oxygen atoms in total. The third-order valence-electron chi connectivity index (χ3n) is 3.43. The third-order valence-corrected chi connectivity index (χ3v) is 3.43. The molecule has 1 aromatic carbocycles. The average molecular weight is 263 g/mol. The molecule has 0 fully saturated rings. The molecule has 1 aliphatic rings. The van der Waals surface area contributed by atoms with Gasteiger partial charge in [-0.05, 0) is 25.3 Å². The molecule has 0 saturated heterocycles. The highest BCUT2D eigenvalue weighted by atomic mass is 16.6. The number of hydrogen-bond acceptors (Lipinski definition) is 4. The minimum absolute atomic E-state index is 0.0359. The Morgan fingerprint density at radius 2 is 2.32 bits per heavy atom. The Balaban J connectivity index is 2.68. The molecule has 0 spiro atoms. The van der Waals surface area contributed by atoms with Crippen molar-refractivity contribution in [2.24, 2.45) is 0 Å². The first kappa shape index (κ1) is 13.4. The SMILES string of the molecule is C=CC1CCc2c1cc([N+](=O)[O-])c(OCC)c2OC. The van der Waals surface area contributed by atoms with Crippen LogP contribution >= 0.6 is 0 Å². The van der Waals surface area contributed by atoms with Gasteiger partial charge in [0, 0.05) is 17.5 Å². The number of allylic oxidation sites excluding steroid dienone is 1. The van der Waals surface area contributed by atoms with Crippen LogP contribution in [0.2, 0.25) is 0 Å². The topological polar surface area (TPSA) is 61.6 Å². The molecule has 19 heavy (non-hydrogen) atoms. The summed E-state index contributed by atoms with van der Waals surface area (Å²) >= 11 is 0. The van der Waals surface area contributed by atoms with Crippen molar-refractivity contribution < 1.29 is 14.4 Å². The summed E-state index contributed by atoms with van der Waals surface area (Å²) in [4.78, 5) is 10.8. The van der Waals surface area contributed by atoms with Crippen LogP contribution < -0.4 is 9.47 Å². The Kier molecular flexibility index (Phi) is 3.74. The maximum atomic E-state index is 11.2. The van der Waals surface area contributed by atoms with Crippen LogP contribution in [0.25, 0.3) is 0 Å². The van der Waals surface area contributed by atoms with E-state index in [-0.39, 0.29) is 17.4 Å². The van der Waals surface area contributed by atoms with E-state index in [2.05, 4.69) is 6.58 Å². The normalized spacial score (nSPS) is 16.8. The molecule has 0 amide bonds. The minimum Gasteiger partial charge on any atom is -0.492 e. The molecule has 0 N–H and O–H groups in total. The first-order valence-corrected chi connectivity index (χ1v) is 6.27. The van der Waals surface area contributed by atoms with Crippen LogP contribution in [0.15, 0.2) is 18.7 Å². The van der Waals surface area contributed by atoms with Crippen molar-refractivity contribution in [2.45, 2.75) is 25.7 Å². The zero-order valence-corrected chi connectivity index (χ0v) is 11.1. The van der Waals surface area contributed by atoms with E-state index in [1.54, 1.807) is 13.0 Å². The van der Waals surface area contributed by atoms with Crippen LogP contribution in [0.3, 0.4) is 0 Å². The van der Waals surface area contributed by atoms with E-state index >= 15 is 0 Å². The molecule has 1 aliphatic carbocycles. The maximum absolute atomic E-state index is 11.2. The predicted octanol–water partition coefficient (Wildman–Crippen LogP) is 3.22. The number of fused-ring (bicyclic) bond motifs is 1. The van der Waals surface area contributed by atoms with Crippen molar-refractivity contribution >= 4 is 5.69 Å². The Hall–Kier alpha value is -2.04. The summed E-state index contributed by atoms with van der Waals surface area (Å²) in [6.07, 6.45) is 3.56. The molecule has 0 heterocycles. The van der Waals surface area contributed by atoms with Gasteiger partial charge in [-0.2, -0.15) is 0 Å². The highest BCUT2D eigenvalue weighted by molar-refractivity contribution is 5.65. The van der Waals surface area contributed by atoms with E-state index in [4.69, 9.17) is 9.47 Å². The fourth-order valence-corrected chi connectivity index (χ4v) is 2.61. The van der Waals surface area contributed by atoms with Gasteiger partial charge in [-0.3, -0.25) is 10.1 Å². The largest absolute Gasteiger partial charge is 0.492 e. The minimum atomic E-state index is -0.424. The first-order valence-electron chi connectivity index (χ1n) is 6.27. The van der Waals surface area contributed by atoms with Crippen molar-refractivity contribution in [3.05, 3.63) is 40.0 Å². The fourth-order valence-electron chi connectivity index (χ4n) is 2.61. The number of rotatable bonds is 5. The van der Waals surface area contributed by atoms with Gasteiger partial charge in [0.05, 0.1) is 18.6 Å². The molecular weight excluding hydrogens is 246 g/mol. The summed E-state index contributed by atoms with van der Waals surface area (Å²) in [5, 5.41) is 11.2. The maximum Gasteiger partial charge on any atom is 0.315 e. The van der Waals surface area contributed by atoms with Gasteiger partial charge in [0.15, 0.2) is 5.75 Å². The van der Waals surface area contributed by atoms with Gasteiger partial charge in [0.25, 0.3) is 0 Å². The lowest BCUT2D eigenvalue weighted by molar-refractivity contribution is -0.386. The van der Waals surface area contributed by atoms with Crippen LogP contribution in [-0.2, 0) is 6.42 Å². The van der Waals surface area contributed by atoms with Gasteiger partial charge in [0.2, 0.25) is 5.75 Å². The van der Waals surface area contributed by atoms with Crippen molar-refractivity contribution in [3.8, 4) is 11.5 Å². The number of ether oxygens (including phenoxy) is 2. The predicted molar refractivity (Wildman–Crippen MR) is 72.1 cm³/mol. The lowest BCUT2D eigenvalue weighted by atomic mass is 10.00. The Labute approximate surface area is 112 Å². The number of benzene rings is 1. The van der Waals surface area contributed by atoms with Crippen LogP contribution in [0.1, 0.15) is 30.4 Å². The quantitative estimate of drug-likeness (QED) is 0.465. The molecule has 0 saturated carbocycles. The first-order chi connectivity index (χ1) is 9.13. The number of nitro benzene ring substituents is 1. The molecule has 0 aliphatic heterocycles. The second kappa shape index (κ2) is 5.30.